The number of carbonyl (C=O) groups excluding carboxylic acids is 1. The SMILES string of the molecule is COC(=O)[C@H]1CCC[C@@H]2C=CCO[C@@H]12. The van der Waals surface area contributed by atoms with Crippen molar-refractivity contribution in [3.63, 3.8) is 0 Å². The van der Waals surface area contributed by atoms with Gasteiger partial charge in [0.1, 0.15) is 0 Å². The van der Waals surface area contributed by atoms with E-state index in [-0.39, 0.29) is 18.0 Å². The Morgan fingerprint density at radius 2 is 2.36 bits per heavy atom. The van der Waals surface area contributed by atoms with E-state index >= 15 is 0 Å². The molecule has 3 nitrogen and oxygen atoms in total. The van der Waals surface area contributed by atoms with Crippen LogP contribution in [0.5, 0.6) is 0 Å². The molecule has 0 amide bonds. The summed E-state index contributed by atoms with van der Waals surface area (Å²) >= 11 is 0. The summed E-state index contributed by atoms with van der Waals surface area (Å²) in [7, 11) is 1.45. The average molecular weight is 196 g/mol. The molecule has 0 saturated heterocycles. The van der Waals surface area contributed by atoms with Crippen molar-refractivity contribution in [1.29, 1.82) is 0 Å². The van der Waals surface area contributed by atoms with Crippen LogP contribution in [0.3, 0.4) is 0 Å². The van der Waals surface area contributed by atoms with Gasteiger partial charge in [-0.3, -0.25) is 4.79 Å². The first-order valence-electron chi connectivity index (χ1n) is 5.19. The first-order valence-corrected chi connectivity index (χ1v) is 5.19. The Labute approximate surface area is 84.1 Å². The summed E-state index contributed by atoms with van der Waals surface area (Å²) in [5.41, 5.74) is 0. The maximum atomic E-state index is 11.5. The maximum absolute atomic E-state index is 11.5. The van der Waals surface area contributed by atoms with E-state index in [1.54, 1.807) is 0 Å². The van der Waals surface area contributed by atoms with Crippen molar-refractivity contribution in [2.24, 2.45) is 11.8 Å². The van der Waals surface area contributed by atoms with Crippen LogP contribution in [0.2, 0.25) is 0 Å². The van der Waals surface area contributed by atoms with E-state index in [0.717, 1.165) is 19.3 Å². The van der Waals surface area contributed by atoms with Gasteiger partial charge in [-0.15, -0.1) is 0 Å². The number of hydrogen-bond acceptors (Lipinski definition) is 3. The van der Waals surface area contributed by atoms with Gasteiger partial charge in [-0.25, -0.2) is 0 Å². The van der Waals surface area contributed by atoms with Crippen LogP contribution < -0.4 is 0 Å². The maximum Gasteiger partial charge on any atom is 0.311 e. The van der Waals surface area contributed by atoms with Gasteiger partial charge in [0.05, 0.1) is 25.7 Å². The molecule has 1 heterocycles. The molecule has 14 heavy (non-hydrogen) atoms. The summed E-state index contributed by atoms with van der Waals surface area (Å²) in [6, 6.07) is 0. The third kappa shape index (κ3) is 1.69. The molecular weight excluding hydrogens is 180 g/mol. The molecule has 0 N–H and O–H groups in total. The molecule has 0 aromatic heterocycles. The molecule has 1 saturated carbocycles. The summed E-state index contributed by atoms with van der Waals surface area (Å²) in [6.45, 7) is 0.634. The van der Waals surface area contributed by atoms with Gasteiger partial charge in [-0.05, 0) is 12.8 Å². The molecule has 0 aromatic rings. The predicted octanol–water partition coefficient (Wildman–Crippen LogP) is 1.53. The van der Waals surface area contributed by atoms with Gasteiger partial charge in [0.25, 0.3) is 0 Å². The van der Waals surface area contributed by atoms with Crippen LogP contribution in [0.15, 0.2) is 12.2 Å². The van der Waals surface area contributed by atoms with Crippen molar-refractivity contribution in [2.45, 2.75) is 25.4 Å². The van der Waals surface area contributed by atoms with E-state index in [1.807, 2.05) is 6.08 Å². The zero-order valence-corrected chi connectivity index (χ0v) is 8.44. The van der Waals surface area contributed by atoms with Crippen LogP contribution in [0.25, 0.3) is 0 Å². The molecule has 3 atom stereocenters. The van der Waals surface area contributed by atoms with E-state index < -0.39 is 0 Å². The number of carbonyl (C=O) groups is 1. The third-order valence-electron chi connectivity index (χ3n) is 3.14. The van der Waals surface area contributed by atoms with Crippen LogP contribution in [0.4, 0.5) is 0 Å². The highest BCUT2D eigenvalue weighted by atomic mass is 16.5. The van der Waals surface area contributed by atoms with Crippen LogP contribution in [-0.4, -0.2) is 25.8 Å². The zero-order valence-electron chi connectivity index (χ0n) is 8.44. The fourth-order valence-electron chi connectivity index (χ4n) is 2.45. The van der Waals surface area contributed by atoms with Gasteiger partial charge in [-0.2, -0.15) is 0 Å². The Morgan fingerprint density at radius 1 is 1.50 bits per heavy atom. The van der Waals surface area contributed by atoms with E-state index in [2.05, 4.69) is 6.08 Å². The molecule has 2 rings (SSSR count). The van der Waals surface area contributed by atoms with E-state index in [0.29, 0.717) is 12.5 Å². The Kier molecular flexibility index (Phi) is 2.87. The van der Waals surface area contributed by atoms with Gasteiger partial charge in [0.15, 0.2) is 0 Å². The lowest BCUT2D eigenvalue weighted by molar-refractivity contribution is -0.155. The number of fused-ring (bicyclic) bond motifs is 1. The normalized spacial score (nSPS) is 36.2. The lowest BCUT2D eigenvalue weighted by Crippen LogP contribution is -2.41. The highest BCUT2D eigenvalue weighted by Gasteiger charge is 2.38. The number of rotatable bonds is 1. The lowest BCUT2D eigenvalue weighted by Gasteiger charge is -2.36. The molecule has 1 fully saturated rings. The largest absolute Gasteiger partial charge is 0.469 e. The molecule has 0 aromatic carbocycles. The van der Waals surface area contributed by atoms with Crippen molar-refractivity contribution in [2.75, 3.05) is 13.7 Å². The molecular formula is C11H16O3. The quantitative estimate of drug-likeness (QED) is 0.471. The predicted molar refractivity (Wildman–Crippen MR) is 51.7 cm³/mol. The molecule has 0 bridgehead atoms. The Morgan fingerprint density at radius 3 is 3.14 bits per heavy atom. The minimum Gasteiger partial charge on any atom is -0.469 e. The molecule has 1 aliphatic carbocycles. The van der Waals surface area contributed by atoms with Gasteiger partial charge >= 0.3 is 5.97 Å². The third-order valence-corrected chi connectivity index (χ3v) is 3.14. The summed E-state index contributed by atoms with van der Waals surface area (Å²) in [5.74, 6) is 0.250. The van der Waals surface area contributed by atoms with Crippen LogP contribution in [-0.2, 0) is 14.3 Å². The fourth-order valence-corrected chi connectivity index (χ4v) is 2.45. The number of ether oxygens (including phenoxy) is 2. The van der Waals surface area contributed by atoms with E-state index in [9.17, 15) is 4.79 Å². The summed E-state index contributed by atoms with van der Waals surface area (Å²) < 4.78 is 10.4. The molecule has 0 unspecified atom stereocenters. The van der Waals surface area contributed by atoms with Crippen molar-refractivity contribution >= 4 is 5.97 Å². The van der Waals surface area contributed by atoms with Crippen LogP contribution in [0.1, 0.15) is 19.3 Å². The van der Waals surface area contributed by atoms with Crippen molar-refractivity contribution in [3.05, 3.63) is 12.2 Å². The second kappa shape index (κ2) is 4.13. The van der Waals surface area contributed by atoms with Crippen molar-refractivity contribution < 1.29 is 14.3 Å². The monoisotopic (exact) mass is 196 g/mol. The molecule has 1 aliphatic heterocycles. The first kappa shape index (κ1) is 9.71. The van der Waals surface area contributed by atoms with E-state index in [1.165, 1.54) is 7.11 Å². The zero-order chi connectivity index (χ0) is 9.97. The summed E-state index contributed by atoms with van der Waals surface area (Å²) in [5, 5.41) is 0. The summed E-state index contributed by atoms with van der Waals surface area (Å²) in [6.07, 6.45) is 7.41. The second-order valence-corrected chi connectivity index (χ2v) is 3.95. The van der Waals surface area contributed by atoms with Crippen LogP contribution in [0, 0.1) is 11.8 Å². The standard InChI is InChI=1S/C11H16O3/c1-13-11(12)9-6-2-4-8-5-3-7-14-10(8)9/h3,5,8-10H,2,4,6-7H2,1H3/t8-,9+,10-/m1/s1. The molecule has 0 radical (unpaired) electrons. The molecule has 2 aliphatic rings. The first-order chi connectivity index (χ1) is 6.83. The minimum absolute atomic E-state index is 0.0521. The molecule has 0 spiro atoms. The lowest BCUT2D eigenvalue weighted by atomic mass is 9.77. The van der Waals surface area contributed by atoms with E-state index in [4.69, 9.17) is 9.47 Å². The smallest absolute Gasteiger partial charge is 0.311 e. The highest BCUT2D eigenvalue weighted by molar-refractivity contribution is 5.73. The number of methoxy groups -OCH3 is 1. The van der Waals surface area contributed by atoms with Crippen LogP contribution >= 0.6 is 0 Å². The van der Waals surface area contributed by atoms with Crippen molar-refractivity contribution in [3.8, 4) is 0 Å². The average Bonchev–Trinajstić information content (AvgIpc) is 2.27. The van der Waals surface area contributed by atoms with Gasteiger partial charge < -0.3 is 9.47 Å². The number of hydrogen-bond donors (Lipinski definition) is 0. The van der Waals surface area contributed by atoms with Gasteiger partial charge in [-0.1, -0.05) is 18.6 Å². The second-order valence-electron chi connectivity index (χ2n) is 3.95. The topological polar surface area (TPSA) is 35.5 Å². The van der Waals surface area contributed by atoms with Gasteiger partial charge in [0.2, 0.25) is 0 Å². The van der Waals surface area contributed by atoms with Crippen molar-refractivity contribution in [1.82, 2.24) is 0 Å². The molecule has 3 heteroatoms. The fraction of sp³-hybridized carbons (Fsp3) is 0.727. The Bertz CT molecular complexity index is 247. The Hall–Kier alpha value is -0.830. The van der Waals surface area contributed by atoms with Gasteiger partial charge in [0, 0.05) is 5.92 Å². The minimum atomic E-state index is -0.116. The molecule has 78 valence electrons. The highest BCUT2D eigenvalue weighted by Crippen LogP contribution is 2.35. The summed E-state index contributed by atoms with van der Waals surface area (Å²) in [4.78, 5) is 11.5. The Balaban J connectivity index is 2.10. The number of esters is 1.